The molecule has 4 aliphatic carbocycles. The van der Waals surface area contributed by atoms with E-state index in [1.54, 1.807) is 0 Å². The Morgan fingerprint density at radius 1 is 1.09 bits per heavy atom. The molecular weight excluding hydrogens is 438 g/mol. The van der Waals surface area contributed by atoms with Crippen LogP contribution in [0.1, 0.15) is 98.8 Å². The smallest absolute Gasteiger partial charge is 0.350 e. The van der Waals surface area contributed by atoms with Crippen LogP contribution < -0.4 is 0 Å². The van der Waals surface area contributed by atoms with Crippen LogP contribution in [0.15, 0.2) is 11.6 Å². The lowest BCUT2D eigenvalue weighted by Gasteiger charge is -2.58. The average molecular weight is 486 g/mol. The fraction of sp³-hybridized carbons (Fsp3) is 0.867. The highest BCUT2D eigenvalue weighted by atomic mass is 16.6. The van der Waals surface area contributed by atoms with Gasteiger partial charge in [0.1, 0.15) is 6.10 Å². The van der Waals surface area contributed by atoms with E-state index in [9.17, 15) is 9.59 Å². The van der Waals surface area contributed by atoms with Gasteiger partial charge in [-0.2, -0.15) is 0 Å². The Kier molecular flexibility index (Phi) is 6.42. The molecule has 8 unspecified atom stereocenters. The number of allylic oxidation sites excluding steroid dienone is 1. The van der Waals surface area contributed by atoms with Gasteiger partial charge in [0, 0.05) is 25.9 Å². The van der Waals surface area contributed by atoms with Gasteiger partial charge >= 0.3 is 11.9 Å². The molecule has 35 heavy (non-hydrogen) atoms. The van der Waals surface area contributed by atoms with Crippen molar-refractivity contribution in [2.75, 3.05) is 13.6 Å². The first kappa shape index (κ1) is 25.3. The van der Waals surface area contributed by atoms with E-state index in [1.807, 2.05) is 13.8 Å². The van der Waals surface area contributed by atoms with Crippen molar-refractivity contribution in [2.24, 2.45) is 34.5 Å². The zero-order valence-electron chi connectivity index (χ0n) is 22.9. The number of esters is 2. The van der Waals surface area contributed by atoms with Crippen LogP contribution in [0.2, 0.25) is 0 Å². The molecule has 8 atom stereocenters. The van der Waals surface area contributed by atoms with Crippen LogP contribution in [0.3, 0.4) is 0 Å². The Bertz CT molecular complexity index is 893. The van der Waals surface area contributed by atoms with Gasteiger partial charge in [-0.25, -0.2) is 4.79 Å². The SMILES string of the molecule is CCC(CC)(OC(C)=O)C(=O)OC1CCC2(C)C(=CCC3C2CCC24CN(C)C(C)C2CCC34)C1. The minimum atomic E-state index is -1.15. The third-order valence-electron chi connectivity index (χ3n) is 11.8. The molecule has 4 fully saturated rings. The van der Waals surface area contributed by atoms with Gasteiger partial charge in [0.15, 0.2) is 0 Å². The molecule has 0 amide bonds. The van der Waals surface area contributed by atoms with Crippen LogP contribution in [0.4, 0.5) is 0 Å². The highest BCUT2D eigenvalue weighted by Crippen LogP contribution is 2.68. The number of carbonyl (C=O) groups is 2. The summed E-state index contributed by atoms with van der Waals surface area (Å²) >= 11 is 0. The fourth-order valence-corrected chi connectivity index (χ4v) is 9.79. The molecule has 5 aliphatic rings. The molecule has 5 heteroatoms. The van der Waals surface area contributed by atoms with Crippen molar-refractivity contribution in [2.45, 2.75) is 117 Å². The predicted octanol–water partition coefficient (Wildman–Crippen LogP) is 5.91. The molecule has 0 aromatic heterocycles. The third-order valence-corrected chi connectivity index (χ3v) is 11.8. The van der Waals surface area contributed by atoms with Crippen molar-refractivity contribution in [1.29, 1.82) is 0 Å². The number of fused-ring (bicyclic) bond motifs is 4. The van der Waals surface area contributed by atoms with Gasteiger partial charge in [-0.1, -0.05) is 32.4 Å². The van der Waals surface area contributed by atoms with E-state index in [4.69, 9.17) is 9.47 Å². The second kappa shape index (κ2) is 8.89. The molecule has 0 bridgehead atoms. The van der Waals surface area contributed by atoms with Gasteiger partial charge in [-0.15, -0.1) is 0 Å². The quantitative estimate of drug-likeness (QED) is 0.358. The number of rotatable bonds is 5. The van der Waals surface area contributed by atoms with Gasteiger partial charge in [0.05, 0.1) is 0 Å². The molecule has 1 heterocycles. The predicted molar refractivity (Wildman–Crippen MR) is 137 cm³/mol. The lowest BCUT2D eigenvalue weighted by atomic mass is 9.47. The van der Waals surface area contributed by atoms with Crippen molar-refractivity contribution in [1.82, 2.24) is 4.90 Å². The standard InChI is InChI=1S/C30H47NO4/c1-7-30(8-2,35-20(4)32)27(33)34-22-13-15-28(5)21(17-22)9-10-23-25(28)14-16-29-18-31(6)19(3)24(29)11-12-26(23)29/h9,19,22-26H,7-8,10-18H2,1-6H3. The summed E-state index contributed by atoms with van der Waals surface area (Å²) in [6, 6.07) is 0.734. The molecule has 0 aromatic carbocycles. The summed E-state index contributed by atoms with van der Waals surface area (Å²) in [4.78, 5) is 27.5. The minimum Gasteiger partial charge on any atom is -0.459 e. The summed E-state index contributed by atoms with van der Waals surface area (Å²) in [7, 11) is 2.34. The third kappa shape index (κ3) is 3.73. The largest absolute Gasteiger partial charge is 0.459 e. The Morgan fingerprint density at radius 3 is 2.49 bits per heavy atom. The number of ether oxygens (including phenoxy) is 2. The van der Waals surface area contributed by atoms with Crippen LogP contribution in [0, 0.1) is 34.5 Å². The van der Waals surface area contributed by atoms with Gasteiger partial charge in [0.25, 0.3) is 0 Å². The van der Waals surface area contributed by atoms with E-state index in [0.717, 1.165) is 49.0 Å². The van der Waals surface area contributed by atoms with Crippen LogP contribution in [-0.2, 0) is 19.1 Å². The lowest BCUT2D eigenvalue weighted by molar-refractivity contribution is -0.188. The van der Waals surface area contributed by atoms with Gasteiger partial charge < -0.3 is 14.4 Å². The maximum absolute atomic E-state index is 13.2. The maximum Gasteiger partial charge on any atom is 0.350 e. The highest BCUT2D eigenvalue weighted by Gasteiger charge is 2.64. The fourth-order valence-electron chi connectivity index (χ4n) is 9.79. The lowest BCUT2D eigenvalue weighted by Crippen LogP contribution is -2.52. The summed E-state index contributed by atoms with van der Waals surface area (Å²) in [6.45, 7) is 11.4. The minimum absolute atomic E-state index is 0.110. The van der Waals surface area contributed by atoms with Crippen molar-refractivity contribution in [3.05, 3.63) is 11.6 Å². The summed E-state index contributed by atoms with van der Waals surface area (Å²) in [5.41, 5.74) is 1.17. The first-order valence-electron chi connectivity index (χ1n) is 14.4. The van der Waals surface area contributed by atoms with E-state index in [-0.39, 0.29) is 17.5 Å². The topological polar surface area (TPSA) is 55.8 Å². The Labute approximate surface area is 212 Å². The summed E-state index contributed by atoms with van der Waals surface area (Å²) in [5, 5.41) is 0. The van der Waals surface area contributed by atoms with E-state index in [2.05, 4.69) is 31.9 Å². The molecule has 0 N–H and O–H groups in total. The number of carbonyl (C=O) groups excluding carboxylic acids is 2. The number of hydrogen-bond donors (Lipinski definition) is 0. The number of likely N-dealkylation sites (tertiary alicyclic amines) is 1. The normalized spacial score (nSPS) is 42.9. The molecule has 1 saturated heterocycles. The average Bonchev–Trinajstić information content (AvgIpc) is 3.31. The first-order valence-corrected chi connectivity index (χ1v) is 14.4. The highest BCUT2D eigenvalue weighted by molar-refractivity contribution is 5.83. The Morgan fingerprint density at radius 2 is 1.80 bits per heavy atom. The molecule has 1 spiro atoms. The zero-order chi connectivity index (χ0) is 25.2. The maximum atomic E-state index is 13.2. The second-order valence-electron chi connectivity index (χ2n) is 12.9. The molecular formula is C30H47NO4. The van der Waals surface area contributed by atoms with Gasteiger partial charge in [-0.05, 0) is 106 Å². The molecule has 1 aliphatic heterocycles. The molecule has 5 nitrogen and oxygen atoms in total. The van der Waals surface area contributed by atoms with Crippen molar-refractivity contribution >= 4 is 11.9 Å². The van der Waals surface area contributed by atoms with E-state index in [1.165, 1.54) is 51.1 Å². The number of nitrogens with zero attached hydrogens (tertiary/aromatic N) is 1. The van der Waals surface area contributed by atoms with Gasteiger partial charge in [-0.3, -0.25) is 4.79 Å². The Hall–Kier alpha value is -1.36. The van der Waals surface area contributed by atoms with Crippen molar-refractivity contribution < 1.29 is 19.1 Å². The van der Waals surface area contributed by atoms with Crippen LogP contribution in [0.25, 0.3) is 0 Å². The van der Waals surface area contributed by atoms with E-state index in [0.29, 0.717) is 18.3 Å². The van der Waals surface area contributed by atoms with E-state index >= 15 is 0 Å². The van der Waals surface area contributed by atoms with Crippen LogP contribution >= 0.6 is 0 Å². The molecule has 0 radical (unpaired) electrons. The summed E-state index contributed by atoms with van der Waals surface area (Å²) in [5.74, 6) is 2.56. The molecule has 196 valence electrons. The molecule has 3 saturated carbocycles. The first-order chi connectivity index (χ1) is 16.6. The van der Waals surface area contributed by atoms with Crippen molar-refractivity contribution in [3.8, 4) is 0 Å². The Balaban J connectivity index is 1.31. The molecule has 0 aromatic rings. The number of hydrogen-bond acceptors (Lipinski definition) is 5. The summed E-state index contributed by atoms with van der Waals surface area (Å²) < 4.78 is 11.5. The van der Waals surface area contributed by atoms with Crippen LogP contribution in [0.5, 0.6) is 0 Å². The van der Waals surface area contributed by atoms with Gasteiger partial charge in [0.2, 0.25) is 5.60 Å². The van der Waals surface area contributed by atoms with Crippen molar-refractivity contribution in [3.63, 3.8) is 0 Å². The zero-order valence-corrected chi connectivity index (χ0v) is 22.9. The second-order valence-corrected chi connectivity index (χ2v) is 12.9. The summed E-state index contributed by atoms with van der Waals surface area (Å²) in [6.07, 6.45) is 13.0. The molecule has 5 rings (SSSR count). The monoisotopic (exact) mass is 485 g/mol. The van der Waals surface area contributed by atoms with E-state index < -0.39 is 11.6 Å². The van der Waals surface area contributed by atoms with Crippen LogP contribution in [-0.4, -0.2) is 48.2 Å².